The third kappa shape index (κ3) is 2.53. The molecule has 1 aromatic rings. The van der Waals surface area contributed by atoms with Crippen molar-refractivity contribution in [3.8, 4) is 0 Å². The molecule has 17 heavy (non-hydrogen) atoms. The molecular weight excluding hydrogens is 231 g/mol. The maximum Gasteiger partial charge on any atom is 0.391 e. The second kappa shape index (κ2) is 4.20. The van der Waals surface area contributed by atoms with Crippen LogP contribution < -0.4 is 0 Å². The Morgan fingerprint density at radius 3 is 2.76 bits per heavy atom. The number of hydrogen-bond donors (Lipinski definition) is 0. The molecule has 0 radical (unpaired) electrons. The minimum atomic E-state index is -4.17. The number of halogens is 3. The van der Waals surface area contributed by atoms with Crippen LogP contribution in [0, 0.1) is 0 Å². The number of fused-ring (bicyclic) bond motifs is 1. The van der Waals surface area contributed by atoms with Crippen molar-refractivity contribution in [1.82, 2.24) is 4.57 Å². The van der Waals surface area contributed by atoms with Crippen LogP contribution in [0.5, 0.6) is 0 Å². The minimum Gasteiger partial charge on any atom is -0.348 e. The lowest BCUT2D eigenvalue weighted by Crippen LogP contribution is -2.20. The fourth-order valence-electron chi connectivity index (χ4n) is 2.40. The van der Waals surface area contributed by atoms with E-state index >= 15 is 0 Å². The Kier molecular flexibility index (Phi) is 3.02. The molecule has 0 spiro atoms. The molecule has 0 saturated heterocycles. The van der Waals surface area contributed by atoms with Crippen LogP contribution in [0.3, 0.4) is 0 Å². The third-order valence-corrected chi connectivity index (χ3v) is 3.14. The monoisotopic (exact) mass is 245 g/mol. The summed E-state index contributed by atoms with van der Waals surface area (Å²) in [6, 6.07) is 0.994. The smallest absolute Gasteiger partial charge is 0.348 e. The molecule has 1 heterocycles. The van der Waals surface area contributed by atoms with Gasteiger partial charge in [-0.25, -0.2) is 0 Å². The normalized spacial score (nSPS) is 18.0. The van der Waals surface area contributed by atoms with Gasteiger partial charge in [0.25, 0.3) is 0 Å². The highest BCUT2D eigenvalue weighted by molar-refractivity contribution is 5.98. The van der Waals surface area contributed by atoms with Crippen molar-refractivity contribution in [2.45, 2.75) is 44.8 Å². The van der Waals surface area contributed by atoms with Gasteiger partial charge in [0.2, 0.25) is 0 Å². The fourth-order valence-corrected chi connectivity index (χ4v) is 2.40. The van der Waals surface area contributed by atoms with Gasteiger partial charge in [-0.05, 0) is 25.8 Å². The van der Waals surface area contributed by atoms with E-state index < -0.39 is 18.6 Å². The number of Topliss-reactive ketones (excluding diaryl/α,β-unsaturated/α-hetero) is 1. The maximum absolute atomic E-state index is 12.3. The van der Waals surface area contributed by atoms with Crippen molar-refractivity contribution < 1.29 is 18.0 Å². The Labute approximate surface area is 97.4 Å². The second-order valence-electron chi connectivity index (χ2n) is 4.53. The van der Waals surface area contributed by atoms with Gasteiger partial charge in [-0.2, -0.15) is 13.2 Å². The van der Waals surface area contributed by atoms with E-state index in [1.807, 2.05) is 0 Å². The number of alkyl halides is 3. The minimum absolute atomic E-state index is 0.0456. The van der Waals surface area contributed by atoms with E-state index in [4.69, 9.17) is 0 Å². The summed E-state index contributed by atoms with van der Waals surface area (Å²) in [6.45, 7) is 1.53. The van der Waals surface area contributed by atoms with Gasteiger partial charge in [-0.15, -0.1) is 0 Å². The van der Waals surface area contributed by atoms with E-state index in [1.165, 1.54) is 6.92 Å². The molecule has 1 atom stereocenters. The van der Waals surface area contributed by atoms with Gasteiger partial charge in [0.05, 0.1) is 6.42 Å². The van der Waals surface area contributed by atoms with Crippen molar-refractivity contribution in [3.63, 3.8) is 0 Å². The molecule has 0 N–H and O–H groups in total. The molecule has 1 aromatic heterocycles. The van der Waals surface area contributed by atoms with Crippen LogP contribution in [-0.4, -0.2) is 16.5 Å². The Morgan fingerprint density at radius 2 is 2.12 bits per heavy atom. The molecule has 1 aliphatic carbocycles. The number of nitrogens with zero attached hydrogens (tertiary/aromatic N) is 1. The summed E-state index contributed by atoms with van der Waals surface area (Å²) in [5.41, 5.74) is 1.36. The number of hydrogen-bond acceptors (Lipinski definition) is 1. The first-order valence-electron chi connectivity index (χ1n) is 5.68. The van der Waals surface area contributed by atoms with E-state index in [1.54, 1.807) is 16.8 Å². The SMILES string of the molecule is CC(CC(F)(F)F)n1ccc2c1CCCC2=O. The molecule has 0 amide bonds. The van der Waals surface area contributed by atoms with Gasteiger partial charge < -0.3 is 4.57 Å². The quantitative estimate of drug-likeness (QED) is 0.781. The van der Waals surface area contributed by atoms with Crippen LogP contribution in [0.1, 0.15) is 48.3 Å². The molecule has 5 heteroatoms. The maximum atomic E-state index is 12.3. The Bertz CT molecular complexity index is 433. The van der Waals surface area contributed by atoms with Crippen LogP contribution in [0.4, 0.5) is 13.2 Å². The summed E-state index contributed by atoms with van der Waals surface area (Å²) in [4.78, 5) is 11.6. The molecule has 1 aliphatic rings. The zero-order chi connectivity index (χ0) is 12.6. The second-order valence-corrected chi connectivity index (χ2v) is 4.53. The van der Waals surface area contributed by atoms with Crippen molar-refractivity contribution in [2.24, 2.45) is 0 Å². The van der Waals surface area contributed by atoms with Crippen LogP contribution in [0.15, 0.2) is 12.3 Å². The molecule has 2 rings (SSSR count). The van der Waals surface area contributed by atoms with Crippen LogP contribution in [0.2, 0.25) is 0 Å². The molecule has 0 bridgehead atoms. The molecular formula is C12H14F3NO. The first-order chi connectivity index (χ1) is 7.88. The number of carbonyl (C=O) groups is 1. The van der Waals surface area contributed by atoms with Crippen LogP contribution in [0.25, 0.3) is 0 Å². The highest BCUT2D eigenvalue weighted by Crippen LogP contribution is 2.31. The highest BCUT2D eigenvalue weighted by Gasteiger charge is 2.32. The van der Waals surface area contributed by atoms with Crippen LogP contribution in [-0.2, 0) is 6.42 Å². The van der Waals surface area contributed by atoms with E-state index in [9.17, 15) is 18.0 Å². The summed E-state index contributed by atoms with van der Waals surface area (Å²) >= 11 is 0. The van der Waals surface area contributed by atoms with E-state index in [2.05, 4.69) is 0 Å². The van der Waals surface area contributed by atoms with Crippen LogP contribution >= 0.6 is 0 Å². The van der Waals surface area contributed by atoms with E-state index in [-0.39, 0.29) is 5.78 Å². The number of aromatic nitrogens is 1. The van der Waals surface area contributed by atoms with Crippen molar-refractivity contribution in [3.05, 3.63) is 23.5 Å². The van der Waals surface area contributed by atoms with Gasteiger partial charge in [-0.1, -0.05) is 0 Å². The lowest BCUT2D eigenvalue weighted by atomic mass is 9.96. The predicted octanol–water partition coefficient (Wildman–Crippen LogP) is 3.52. The summed E-state index contributed by atoms with van der Waals surface area (Å²) in [6.07, 6.45) is -1.50. The number of carbonyl (C=O) groups excluding carboxylic acids is 1. The van der Waals surface area contributed by atoms with E-state index in [0.717, 1.165) is 12.1 Å². The average molecular weight is 245 g/mol. The summed E-state index contributed by atoms with van der Waals surface area (Å²) < 4.78 is 38.6. The zero-order valence-electron chi connectivity index (χ0n) is 9.55. The average Bonchev–Trinajstić information content (AvgIpc) is 2.60. The molecule has 0 fully saturated rings. The van der Waals surface area contributed by atoms with Crippen molar-refractivity contribution in [2.75, 3.05) is 0 Å². The number of ketones is 1. The van der Waals surface area contributed by atoms with Crippen molar-refractivity contribution in [1.29, 1.82) is 0 Å². The molecule has 1 unspecified atom stereocenters. The van der Waals surface area contributed by atoms with Gasteiger partial charge >= 0.3 is 6.18 Å². The highest BCUT2D eigenvalue weighted by atomic mass is 19.4. The lowest BCUT2D eigenvalue weighted by molar-refractivity contribution is -0.141. The molecule has 0 saturated carbocycles. The Morgan fingerprint density at radius 1 is 1.41 bits per heavy atom. The van der Waals surface area contributed by atoms with Gasteiger partial charge in [0.1, 0.15) is 0 Å². The predicted molar refractivity (Wildman–Crippen MR) is 57.1 cm³/mol. The molecule has 0 aromatic carbocycles. The van der Waals surface area contributed by atoms with Crippen molar-refractivity contribution >= 4 is 5.78 Å². The first-order valence-corrected chi connectivity index (χ1v) is 5.68. The fraction of sp³-hybridized carbons (Fsp3) is 0.583. The zero-order valence-corrected chi connectivity index (χ0v) is 9.55. The summed E-state index contributed by atoms with van der Waals surface area (Å²) in [7, 11) is 0. The Balaban J connectivity index is 2.25. The summed E-state index contributed by atoms with van der Waals surface area (Å²) in [5, 5.41) is 0. The number of rotatable bonds is 2. The van der Waals surface area contributed by atoms with Gasteiger partial charge in [-0.3, -0.25) is 4.79 Å². The summed E-state index contributed by atoms with van der Waals surface area (Å²) in [5.74, 6) is 0.0456. The topological polar surface area (TPSA) is 22.0 Å². The largest absolute Gasteiger partial charge is 0.391 e. The Hall–Kier alpha value is -1.26. The molecule has 94 valence electrons. The standard InChI is InChI=1S/C12H14F3NO/c1-8(7-12(13,14)15)16-6-5-9-10(16)3-2-4-11(9)17/h5-6,8H,2-4,7H2,1H3. The molecule has 0 aliphatic heterocycles. The lowest BCUT2D eigenvalue weighted by Gasteiger charge is -2.21. The molecule has 2 nitrogen and oxygen atoms in total. The van der Waals surface area contributed by atoms with Gasteiger partial charge in [0, 0.05) is 29.9 Å². The first kappa shape index (κ1) is 12.2. The van der Waals surface area contributed by atoms with E-state index in [0.29, 0.717) is 18.4 Å². The van der Waals surface area contributed by atoms with Gasteiger partial charge in [0.15, 0.2) is 5.78 Å². The third-order valence-electron chi connectivity index (χ3n) is 3.14.